The fourth-order valence-electron chi connectivity index (χ4n) is 1.68. The number of hydrogen-bond donors (Lipinski definition) is 1. The molecule has 0 aliphatic carbocycles. The van der Waals surface area contributed by atoms with E-state index in [1.165, 1.54) is 5.56 Å². The van der Waals surface area contributed by atoms with Gasteiger partial charge in [0.05, 0.1) is 0 Å². The van der Waals surface area contributed by atoms with Crippen LogP contribution in [0.3, 0.4) is 0 Å². The lowest BCUT2D eigenvalue weighted by Gasteiger charge is -2.21. The molecule has 0 bridgehead atoms. The van der Waals surface area contributed by atoms with Gasteiger partial charge < -0.3 is 10.6 Å². The van der Waals surface area contributed by atoms with Gasteiger partial charge in [-0.2, -0.15) is 0 Å². The monoisotopic (exact) mass is 207 g/mol. The predicted molar refractivity (Wildman–Crippen MR) is 63.4 cm³/mol. The largest absolute Gasteiger partial charge is 0.330 e. The summed E-state index contributed by atoms with van der Waals surface area (Å²) in [6.07, 6.45) is 4.82. The summed E-state index contributed by atoms with van der Waals surface area (Å²) >= 11 is 0. The third-order valence-electron chi connectivity index (χ3n) is 2.68. The van der Waals surface area contributed by atoms with Gasteiger partial charge in [0.1, 0.15) is 0 Å². The van der Waals surface area contributed by atoms with Gasteiger partial charge >= 0.3 is 0 Å². The summed E-state index contributed by atoms with van der Waals surface area (Å²) in [5.74, 6) is 0.608. The lowest BCUT2D eigenvalue weighted by molar-refractivity contribution is 0.268. The second-order valence-electron chi connectivity index (χ2n) is 4.06. The highest BCUT2D eigenvalue weighted by Crippen LogP contribution is 2.06. The molecule has 15 heavy (non-hydrogen) atoms. The number of hydrogen-bond acceptors (Lipinski definition) is 3. The van der Waals surface area contributed by atoms with Crippen LogP contribution in [0.5, 0.6) is 0 Å². The minimum absolute atomic E-state index is 0.608. The minimum Gasteiger partial charge on any atom is -0.330 e. The first-order valence-electron chi connectivity index (χ1n) is 5.53. The maximum Gasteiger partial charge on any atom is 0.0271 e. The van der Waals surface area contributed by atoms with Crippen LogP contribution in [0.25, 0.3) is 0 Å². The zero-order valence-corrected chi connectivity index (χ0v) is 9.69. The van der Waals surface area contributed by atoms with E-state index in [9.17, 15) is 0 Å². The Morgan fingerprint density at radius 1 is 1.40 bits per heavy atom. The van der Waals surface area contributed by atoms with Crippen LogP contribution in [0.15, 0.2) is 24.5 Å². The van der Waals surface area contributed by atoms with Gasteiger partial charge in [-0.3, -0.25) is 4.98 Å². The molecule has 0 aliphatic rings. The Hall–Kier alpha value is -0.930. The Kier molecular flexibility index (Phi) is 5.29. The molecule has 3 nitrogen and oxygen atoms in total. The Morgan fingerprint density at radius 3 is 2.60 bits per heavy atom. The summed E-state index contributed by atoms with van der Waals surface area (Å²) in [4.78, 5) is 6.32. The van der Waals surface area contributed by atoms with Gasteiger partial charge in [0.2, 0.25) is 0 Å². The van der Waals surface area contributed by atoms with Gasteiger partial charge in [-0.15, -0.1) is 0 Å². The summed E-state index contributed by atoms with van der Waals surface area (Å²) in [6.45, 7) is 5.00. The van der Waals surface area contributed by atoms with Gasteiger partial charge in [0.15, 0.2) is 0 Å². The predicted octanol–water partition coefficient (Wildman–Crippen LogP) is 1.50. The van der Waals surface area contributed by atoms with Crippen LogP contribution in [0.2, 0.25) is 0 Å². The van der Waals surface area contributed by atoms with E-state index in [0.717, 1.165) is 26.1 Å². The van der Waals surface area contributed by atoms with Gasteiger partial charge in [-0.25, -0.2) is 0 Å². The first-order valence-corrected chi connectivity index (χ1v) is 5.53. The average molecular weight is 207 g/mol. The number of nitrogens with zero attached hydrogens (tertiary/aromatic N) is 2. The fourth-order valence-corrected chi connectivity index (χ4v) is 1.68. The van der Waals surface area contributed by atoms with Crippen LogP contribution in [-0.2, 0) is 6.54 Å². The van der Waals surface area contributed by atoms with Crippen LogP contribution in [0, 0.1) is 5.92 Å². The molecule has 2 N–H and O–H groups in total. The van der Waals surface area contributed by atoms with Crippen LogP contribution in [0.1, 0.15) is 18.9 Å². The highest BCUT2D eigenvalue weighted by molar-refractivity contribution is 5.09. The Balaban J connectivity index is 2.39. The van der Waals surface area contributed by atoms with E-state index >= 15 is 0 Å². The Labute approximate surface area is 92.3 Å². The van der Waals surface area contributed by atoms with Crippen molar-refractivity contribution in [1.82, 2.24) is 9.88 Å². The van der Waals surface area contributed by atoms with E-state index in [1.54, 1.807) is 0 Å². The molecule has 1 aromatic heterocycles. The zero-order valence-electron chi connectivity index (χ0n) is 9.69. The van der Waals surface area contributed by atoms with Gasteiger partial charge in [0.25, 0.3) is 0 Å². The second kappa shape index (κ2) is 6.53. The molecule has 1 heterocycles. The van der Waals surface area contributed by atoms with Crippen molar-refractivity contribution in [2.24, 2.45) is 11.7 Å². The molecule has 0 saturated heterocycles. The topological polar surface area (TPSA) is 42.1 Å². The molecule has 0 aliphatic heterocycles. The van der Waals surface area contributed by atoms with Crippen molar-refractivity contribution in [3.63, 3.8) is 0 Å². The average Bonchev–Trinajstić information content (AvgIpc) is 2.27. The van der Waals surface area contributed by atoms with Gasteiger partial charge in [-0.05, 0) is 37.2 Å². The molecular weight excluding hydrogens is 186 g/mol. The molecule has 1 unspecified atom stereocenters. The minimum atomic E-state index is 0.608. The molecule has 1 atom stereocenters. The molecule has 1 rings (SSSR count). The molecular formula is C12H21N3. The number of pyridine rings is 1. The van der Waals surface area contributed by atoms with Gasteiger partial charge in [0, 0.05) is 25.5 Å². The summed E-state index contributed by atoms with van der Waals surface area (Å²) in [5.41, 5.74) is 6.99. The molecule has 0 spiro atoms. The molecule has 0 aromatic carbocycles. The normalized spacial score (nSPS) is 13.1. The highest BCUT2D eigenvalue weighted by Gasteiger charge is 2.07. The SMILES string of the molecule is CCC(CN)CN(C)Cc1ccncc1. The van der Waals surface area contributed by atoms with Crippen molar-refractivity contribution in [1.29, 1.82) is 0 Å². The number of nitrogens with two attached hydrogens (primary N) is 1. The van der Waals surface area contributed by atoms with E-state index in [0.29, 0.717) is 5.92 Å². The zero-order chi connectivity index (χ0) is 11.1. The first kappa shape index (κ1) is 12.1. The first-order chi connectivity index (χ1) is 7.26. The molecule has 0 amide bonds. The van der Waals surface area contributed by atoms with E-state index in [-0.39, 0.29) is 0 Å². The van der Waals surface area contributed by atoms with Crippen LogP contribution < -0.4 is 5.73 Å². The van der Waals surface area contributed by atoms with Crippen LogP contribution >= 0.6 is 0 Å². The summed E-state index contributed by atoms with van der Waals surface area (Å²) < 4.78 is 0. The van der Waals surface area contributed by atoms with Crippen molar-refractivity contribution in [2.45, 2.75) is 19.9 Å². The number of aromatic nitrogens is 1. The fraction of sp³-hybridized carbons (Fsp3) is 0.583. The van der Waals surface area contributed by atoms with Crippen molar-refractivity contribution < 1.29 is 0 Å². The third-order valence-corrected chi connectivity index (χ3v) is 2.68. The summed E-state index contributed by atoms with van der Waals surface area (Å²) in [7, 11) is 2.14. The molecule has 0 fully saturated rings. The van der Waals surface area contributed by atoms with Crippen molar-refractivity contribution in [3.8, 4) is 0 Å². The third kappa shape index (κ3) is 4.40. The van der Waals surface area contributed by atoms with E-state index in [2.05, 4.69) is 36.0 Å². The Bertz CT molecular complexity index is 257. The standard InChI is InChI=1S/C12H21N3/c1-3-11(8-13)9-15(2)10-12-4-6-14-7-5-12/h4-7,11H,3,8-10,13H2,1-2H3. The summed E-state index contributed by atoms with van der Waals surface area (Å²) in [6, 6.07) is 4.11. The van der Waals surface area contributed by atoms with Crippen molar-refractivity contribution in [3.05, 3.63) is 30.1 Å². The lowest BCUT2D eigenvalue weighted by Crippen LogP contribution is -2.29. The van der Waals surface area contributed by atoms with E-state index < -0.39 is 0 Å². The van der Waals surface area contributed by atoms with Gasteiger partial charge in [-0.1, -0.05) is 13.3 Å². The quantitative estimate of drug-likeness (QED) is 0.768. The molecule has 0 saturated carbocycles. The maximum absolute atomic E-state index is 5.69. The van der Waals surface area contributed by atoms with Crippen LogP contribution in [-0.4, -0.2) is 30.0 Å². The molecule has 1 aromatic rings. The molecule has 0 radical (unpaired) electrons. The summed E-state index contributed by atoms with van der Waals surface area (Å²) in [5, 5.41) is 0. The Morgan fingerprint density at radius 2 is 2.07 bits per heavy atom. The smallest absolute Gasteiger partial charge is 0.0271 e. The lowest BCUT2D eigenvalue weighted by atomic mass is 10.1. The van der Waals surface area contributed by atoms with Crippen LogP contribution in [0.4, 0.5) is 0 Å². The van der Waals surface area contributed by atoms with E-state index in [4.69, 9.17) is 5.73 Å². The number of rotatable bonds is 6. The van der Waals surface area contributed by atoms with Crippen molar-refractivity contribution >= 4 is 0 Å². The van der Waals surface area contributed by atoms with E-state index in [1.807, 2.05) is 12.4 Å². The molecule has 3 heteroatoms. The molecule has 84 valence electrons. The van der Waals surface area contributed by atoms with Crippen molar-refractivity contribution in [2.75, 3.05) is 20.1 Å². The highest BCUT2D eigenvalue weighted by atomic mass is 15.1. The maximum atomic E-state index is 5.69. The second-order valence-corrected chi connectivity index (χ2v) is 4.06.